The minimum atomic E-state index is -0.811. The highest BCUT2D eigenvalue weighted by Gasteiger charge is 2.58. The standard InChI is InChI=1S/C28H24BrN3O2/c1-31(24-10-6-3-7-11-24)27(33)26-15-21-14-23(29)12-13-25(21)32(26)28(19-30)16-22(28)18-34-17-20-8-4-2-5-9-20/h2-15,22H,16-18H2,1H3/t22-,28-/m1/s1. The van der Waals surface area contributed by atoms with Crippen molar-refractivity contribution in [3.05, 3.63) is 101 Å². The zero-order chi connectivity index (χ0) is 23.7. The Morgan fingerprint density at radius 2 is 1.82 bits per heavy atom. The Bertz CT molecular complexity index is 1380. The zero-order valence-corrected chi connectivity index (χ0v) is 20.4. The van der Waals surface area contributed by atoms with Gasteiger partial charge in [0.2, 0.25) is 0 Å². The number of fused-ring (bicyclic) bond motifs is 1. The number of carbonyl (C=O) groups is 1. The van der Waals surface area contributed by atoms with E-state index in [0.717, 1.165) is 26.6 Å². The number of nitrogens with zero attached hydrogens (tertiary/aromatic N) is 3. The number of hydrogen-bond acceptors (Lipinski definition) is 3. The van der Waals surface area contributed by atoms with Gasteiger partial charge in [0.1, 0.15) is 11.2 Å². The van der Waals surface area contributed by atoms with Gasteiger partial charge in [-0.1, -0.05) is 64.5 Å². The molecule has 4 aromatic rings. The van der Waals surface area contributed by atoms with Crippen molar-refractivity contribution >= 4 is 38.4 Å². The van der Waals surface area contributed by atoms with E-state index >= 15 is 0 Å². The van der Waals surface area contributed by atoms with Crippen LogP contribution >= 0.6 is 15.9 Å². The molecule has 5 rings (SSSR count). The molecule has 3 aromatic carbocycles. The van der Waals surface area contributed by atoms with Gasteiger partial charge in [-0.3, -0.25) is 4.79 Å². The summed E-state index contributed by atoms with van der Waals surface area (Å²) >= 11 is 3.53. The second-order valence-corrected chi connectivity index (χ2v) is 9.62. The Balaban J connectivity index is 1.48. The van der Waals surface area contributed by atoms with Gasteiger partial charge in [0.15, 0.2) is 0 Å². The quantitative estimate of drug-likeness (QED) is 0.298. The number of hydrogen-bond donors (Lipinski definition) is 0. The molecule has 34 heavy (non-hydrogen) atoms. The van der Waals surface area contributed by atoms with Crippen LogP contribution in [-0.4, -0.2) is 24.1 Å². The summed E-state index contributed by atoms with van der Waals surface area (Å²) in [5.74, 6) is -0.141. The molecule has 0 spiro atoms. The summed E-state index contributed by atoms with van der Waals surface area (Å²) in [6.07, 6.45) is 0.646. The minimum Gasteiger partial charge on any atom is -0.376 e. The maximum Gasteiger partial charge on any atom is 0.274 e. The van der Waals surface area contributed by atoms with Gasteiger partial charge < -0.3 is 14.2 Å². The molecule has 0 bridgehead atoms. The number of aromatic nitrogens is 1. The third kappa shape index (κ3) is 4.02. The van der Waals surface area contributed by atoms with E-state index in [2.05, 4.69) is 22.0 Å². The lowest BCUT2D eigenvalue weighted by Gasteiger charge is -2.22. The number of para-hydroxylation sites is 1. The lowest BCUT2D eigenvalue weighted by atomic mass is 10.2. The van der Waals surface area contributed by atoms with Crippen LogP contribution in [0, 0.1) is 17.2 Å². The Morgan fingerprint density at radius 1 is 1.12 bits per heavy atom. The van der Waals surface area contributed by atoms with Crippen molar-refractivity contribution in [2.75, 3.05) is 18.6 Å². The zero-order valence-electron chi connectivity index (χ0n) is 18.8. The molecular formula is C28H24BrN3O2. The molecule has 0 unspecified atom stereocenters. The van der Waals surface area contributed by atoms with E-state index in [1.54, 1.807) is 11.9 Å². The molecular weight excluding hydrogens is 490 g/mol. The average Bonchev–Trinajstić information content (AvgIpc) is 3.45. The summed E-state index contributed by atoms with van der Waals surface area (Å²) in [6, 6.07) is 29.9. The molecule has 6 heteroatoms. The Hall–Kier alpha value is -3.40. The van der Waals surface area contributed by atoms with Crippen LogP contribution in [0.2, 0.25) is 0 Å². The number of ether oxygens (including phenoxy) is 1. The second-order valence-electron chi connectivity index (χ2n) is 8.71. The first kappa shape index (κ1) is 22.4. The van der Waals surface area contributed by atoms with E-state index < -0.39 is 5.54 Å². The molecule has 2 atom stereocenters. The molecule has 1 fully saturated rings. The van der Waals surface area contributed by atoms with Crippen LogP contribution in [0.1, 0.15) is 22.5 Å². The van der Waals surface area contributed by atoms with Crippen LogP contribution in [0.4, 0.5) is 5.69 Å². The van der Waals surface area contributed by atoms with Gasteiger partial charge in [-0.15, -0.1) is 0 Å². The topological polar surface area (TPSA) is 58.3 Å². The highest BCUT2D eigenvalue weighted by atomic mass is 79.9. The van der Waals surface area contributed by atoms with Crippen molar-refractivity contribution in [2.45, 2.75) is 18.6 Å². The van der Waals surface area contributed by atoms with E-state index in [1.165, 1.54) is 0 Å². The number of amides is 1. The van der Waals surface area contributed by atoms with Crippen LogP contribution in [0.3, 0.4) is 0 Å². The van der Waals surface area contributed by atoms with Crippen LogP contribution in [0.15, 0.2) is 89.4 Å². The van der Waals surface area contributed by atoms with E-state index in [-0.39, 0.29) is 11.8 Å². The fraction of sp³-hybridized carbons (Fsp3) is 0.214. The predicted molar refractivity (Wildman–Crippen MR) is 137 cm³/mol. The van der Waals surface area contributed by atoms with Gasteiger partial charge in [-0.05, 0) is 48.4 Å². The Morgan fingerprint density at radius 3 is 2.53 bits per heavy atom. The number of nitriles is 1. The highest BCUT2D eigenvalue weighted by molar-refractivity contribution is 9.10. The van der Waals surface area contributed by atoms with Crippen LogP contribution in [0.5, 0.6) is 0 Å². The van der Waals surface area contributed by atoms with E-state index in [0.29, 0.717) is 25.3 Å². The SMILES string of the molecule is CN(C(=O)c1cc2cc(Br)ccc2n1[C@@]1(C#N)C[C@@H]1COCc1ccccc1)c1ccccc1. The molecule has 1 amide bonds. The van der Waals surface area contributed by atoms with Crippen molar-refractivity contribution in [1.29, 1.82) is 5.26 Å². The first-order chi connectivity index (χ1) is 16.5. The van der Waals surface area contributed by atoms with Crippen molar-refractivity contribution in [2.24, 2.45) is 5.92 Å². The van der Waals surface area contributed by atoms with Crippen LogP contribution in [0.25, 0.3) is 10.9 Å². The summed E-state index contributed by atoms with van der Waals surface area (Å²) in [5.41, 5.74) is 2.47. The van der Waals surface area contributed by atoms with Crippen molar-refractivity contribution in [1.82, 2.24) is 4.57 Å². The second kappa shape index (κ2) is 9.09. The van der Waals surface area contributed by atoms with Crippen molar-refractivity contribution in [3.63, 3.8) is 0 Å². The smallest absolute Gasteiger partial charge is 0.274 e. The molecule has 170 valence electrons. The third-order valence-electron chi connectivity index (χ3n) is 6.53. The van der Waals surface area contributed by atoms with E-state index in [1.807, 2.05) is 89.5 Å². The predicted octanol–water partition coefficient (Wildman–Crippen LogP) is 6.14. The molecule has 1 saturated carbocycles. The van der Waals surface area contributed by atoms with Crippen LogP contribution < -0.4 is 4.90 Å². The molecule has 5 nitrogen and oxygen atoms in total. The van der Waals surface area contributed by atoms with Gasteiger partial charge in [-0.2, -0.15) is 5.26 Å². The highest BCUT2D eigenvalue weighted by Crippen LogP contribution is 2.52. The molecule has 0 radical (unpaired) electrons. The normalized spacial score (nSPS) is 19.0. The Labute approximate surface area is 207 Å². The maximum atomic E-state index is 13.7. The van der Waals surface area contributed by atoms with Crippen molar-refractivity contribution in [3.8, 4) is 6.07 Å². The molecule has 1 aliphatic carbocycles. The summed E-state index contributed by atoms with van der Waals surface area (Å²) in [7, 11) is 1.77. The maximum absolute atomic E-state index is 13.7. The monoisotopic (exact) mass is 513 g/mol. The summed E-state index contributed by atoms with van der Waals surface area (Å²) < 4.78 is 8.85. The molecule has 1 heterocycles. The van der Waals surface area contributed by atoms with Gasteiger partial charge >= 0.3 is 0 Å². The lowest BCUT2D eigenvalue weighted by molar-refractivity contribution is 0.0971. The number of rotatable bonds is 7. The van der Waals surface area contributed by atoms with Gasteiger partial charge in [0.25, 0.3) is 5.91 Å². The number of anilines is 1. The Kier molecular flexibility index (Phi) is 5.99. The number of benzene rings is 3. The minimum absolute atomic E-state index is 0.00837. The summed E-state index contributed by atoms with van der Waals surface area (Å²) in [6.45, 7) is 0.960. The van der Waals surface area contributed by atoms with E-state index in [9.17, 15) is 10.1 Å². The summed E-state index contributed by atoms with van der Waals surface area (Å²) in [5, 5.41) is 11.3. The van der Waals surface area contributed by atoms with Gasteiger partial charge in [-0.25, -0.2) is 0 Å². The number of carbonyl (C=O) groups excluding carboxylic acids is 1. The number of halogens is 1. The third-order valence-corrected chi connectivity index (χ3v) is 7.02. The molecule has 0 saturated heterocycles. The molecule has 0 N–H and O–H groups in total. The first-order valence-electron chi connectivity index (χ1n) is 11.2. The van der Waals surface area contributed by atoms with Crippen LogP contribution in [-0.2, 0) is 16.9 Å². The summed E-state index contributed by atoms with van der Waals surface area (Å²) in [4.78, 5) is 15.3. The van der Waals surface area contributed by atoms with Crippen molar-refractivity contribution < 1.29 is 9.53 Å². The average molecular weight is 514 g/mol. The fourth-order valence-corrected chi connectivity index (χ4v) is 4.96. The molecule has 1 aromatic heterocycles. The fourth-order valence-electron chi connectivity index (χ4n) is 4.58. The van der Waals surface area contributed by atoms with E-state index in [4.69, 9.17) is 4.74 Å². The first-order valence-corrected chi connectivity index (χ1v) is 12.0. The molecule has 0 aliphatic heterocycles. The lowest BCUT2D eigenvalue weighted by Crippen LogP contribution is -2.32. The molecule has 1 aliphatic rings. The largest absolute Gasteiger partial charge is 0.376 e. The van der Waals surface area contributed by atoms with Gasteiger partial charge in [0.05, 0.1) is 24.8 Å². The van der Waals surface area contributed by atoms with Gasteiger partial charge in [0, 0.05) is 28.5 Å².